The van der Waals surface area contributed by atoms with E-state index in [1.807, 2.05) is 0 Å². The zero-order valence-electron chi connectivity index (χ0n) is 11.6. The second kappa shape index (κ2) is 5.85. The zero-order chi connectivity index (χ0) is 14.9. The molecule has 2 nitrogen and oxygen atoms in total. The molecule has 2 rings (SSSR count). The monoisotopic (exact) mass is 285 g/mol. The number of benzene rings is 1. The highest BCUT2D eigenvalue weighted by Gasteiger charge is 2.32. The maximum absolute atomic E-state index is 13.1. The van der Waals surface area contributed by atoms with Crippen molar-refractivity contribution in [2.45, 2.75) is 39.2 Å². The molecule has 110 valence electrons. The lowest BCUT2D eigenvalue weighted by molar-refractivity contribution is 0.0925. The molecule has 1 aromatic carbocycles. The van der Waals surface area contributed by atoms with Crippen LogP contribution >= 0.6 is 0 Å². The molecule has 1 aromatic rings. The molecule has 1 aliphatic carbocycles. The maximum Gasteiger partial charge on any atom is 0.251 e. The van der Waals surface area contributed by atoms with Crippen molar-refractivity contribution in [3.8, 4) is 0 Å². The zero-order valence-corrected chi connectivity index (χ0v) is 11.6. The Morgan fingerprint density at radius 2 is 1.85 bits per heavy atom. The Morgan fingerprint density at radius 3 is 2.35 bits per heavy atom. The molecule has 0 spiro atoms. The van der Waals surface area contributed by atoms with Gasteiger partial charge in [0.25, 0.3) is 5.91 Å². The van der Waals surface area contributed by atoms with E-state index < -0.39 is 23.4 Å². The predicted molar refractivity (Wildman–Crippen MR) is 69.7 cm³/mol. The second-order valence-electron chi connectivity index (χ2n) is 5.44. The molecule has 1 N–H and O–H groups in total. The number of hydrogen-bond acceptors (Lipinski definition) is 1. The van der Waals surface area contributed by atoms with Gasteiger partial charge in [0.05, 0.1) is 0 Å². The van der Waals surface area contributed by atoms with Gasteiger partial charge in [0.1, 0.15) is 0 Å². The molecule has 0 bridgehead atoms. The van der Waals surface area contributed by atoms with Crippen molar-refractivity contribution in [2.24, 2.45) is 11.8 Å². The van der Waals surface area contributed by atoms with Crippen LogP contribution < -0.4 is 5.32 Å². The summed E-state index contributed by atoms with van der Waals surface area (Å²) in [5.74, 6) is -3.92. The van der Waals surface area contributed by atoms with Crippen LogP contribution in [0.15, 0.2) is 12.1 Å². The summed E-state index contributed by atoms with van der Waals surface area (Å²) < 4.78 is 39.1. The Labute approximate surface area is 116 Å². The summed E-state index contributed by atoms with van der Waals surface area (Å²) in [6.45, 7) is 4.17. The highest BCUT2D eigenvalue weighted by atomic mass is 19.2. The molecule has 0 aromatic heterocycles. The van der Waals surface area contributed by atoms with Crippen molar-refractivity contribution in [1.29, 1.82) is 0 Å². The number of carbonyl (C=O) groups is 1. The van der Waals surface area contributed by atoms with Gasteiger partial charge in [-0.3, -0.25) is 4.79 Å². The molecule has 20 heavy (non-hydrogen) atoms. The van der Waals surface area contributed by atoms with Crippen LogP contribution in [0.4, 0.5) is 13.2 Å². The van der Waals surface area contributed by atoms with Crippen molar-refractivity contribution in [1.82, 2.24) is 5.32 Å². The molecule has 0 radical (unpaired) electrons. The minimum atomic E-state index is -1.55. The Bertz CT molecular complexity index is 495. The van der Waals surface area contributed by atoms with Crippen molar-refractivity contribution in [2.75, 3.05) is 0 Å². The molecule has 3 unspecified atom stereocenters. The van der Waals surface area contributed by atoms with Crippen LogP contribution in [0, 0.1) is 29.3 Å². The van der Waals surface area contributed by atoms with Crippen molar-refractivity contribution in [3.05, 3.63) is 35.1 Å². The number of hydrogen-bond donors (Lipinski definition) is 1. The van der Waals surface area contributed by atoms with Gasteiger partial charge in [-0.1, -0.05) is 20.3 Å². The lowest BCUT2D eigenvalue weighted by atomic mass is 9.93. The van der Waals surface area contributed by atoms with Gasteiger partial charge in [-0.15, -0.1) is 0 Å². The first kappa shape index (κ1) is 14.9. The Hall–Kier alpha value is -1.52. The quantitative estimate of drug-likeness (QED) is 0.844. The average molecular weight is 285 g/mol. The summed E-state index contributed by atoms with van der Waals surface area (Å²) in [5, 5.41) is 2.79. The summed E-state index contributed by atoms with van der Waals surface area (Å²) in [7, 11) is 0. The van der Waals surface area contributed by atoms with E-state index >= 15 is 0 Å². The summed E-state index contributed by atoms with van der Waals surface area (Å²) in [4.78, 5) is 12.0. The summed E-state index contributed by atoms with van der Waals surface area (Å²) >= 11 is 0. The summed E-state index contributed by atoms with van der Waals surface area (Å²) in [6.07, 6.45) is 2.94. The molecule has 1 saturated carbocycles. The molecule has 1 aliphatic rings. The third-order valence-corrected chi connectivity index (χ3v) is 4.31. The Balaban J connectivity index is 2.10. The van der Waals surface area contributed by atoms with Gasteiger partial charge in [0, 0.05) is 11.6 Å². The van der Waals surface area contributed by atoms with Crippen LogP contribution in [0.25, 0.3) is 0 Å². The lowest BCUT2D eigenvalue weighted by Gasteiger charge is -2.21. The minimum Gasteiger partial charge on any atom is -0.349 e. The first-order valence-electron chi connectivity index (χ1n) is 6.89. The van der Waals surface area contributed by atoms with Crippen molar-refractivity contribution < 1.29 is 18.0 Å². The first-order valence-corrected chi connectivity index (χ1v) is 6.89. The largest absolute Gasteiger partial charge is 0.349 e. The van der Waals surface area contributed by atoms with Gasteiger partial charge in [0.15, 0.2) is 17.5 Å². The van der Waals surface area contributed by atoms with Gasteiger partial charge in [-0.25, -0.2) is 13.2 Å². The van der Waals surface area contributed by atoms with Crippen LogP contribution in [0.3, 0.4) is 0 Å². The Kier molecular flexibility index (Phi) is 4.35. The number of carbonyl (C=O) groups excluding carboxylic acids is 1. The standard InChI is InChI=1S/C15H18F3NO/c1-3-9-4-5-13(8(9)2)19-15(20)10-6-11(16)14(18)12(17)7-10/h6-9,13H,3-5H2,1-2H3,(H,19,20). The highest BCUT2D eigenvalue weighted by Crippen LogP contribution is 2.34. The molecule has 5 heteroatoms. The second-order valence-corrected chi connectivity index (χ2v) is 5.44. The van der Waals surface area contributed by atoms with Gasteiger partial charge < -0.3 is 5.32 Å². The topological polar surface area (TPSA) is 29.1 Å². The van der Waals surface area contributed by atoms with Gasteiger partial charge >= 0.3 is 0 Å². The molecule has 3 atom stereocenters. The molecular formula is C15H18F3NO. The molecule has 0 saturated heterocycles. The van der Waals surface area contributed by atoms with E-state index in [-0.39, 0.29) is 11.6 Å². The third-order valence-electron chi connectivity index (χ3n) is 4.31. The van der Waals surface area contributed by atoms with Gasteiger partial charge in [-0.2, -0.15) is 0 Å². The Morgan fingerprint density at radius 1 is 1.25 bits per heavy atom. The summed E-state index contributed by atoms with van der Waals surface area (Å²) in [6, 6.07) is 1.46. The number of halogens is 3. The molecular weight excluding hydrogens is 267 g/mol. The number of rotatable bonds is 3. The highest BCUT2D eigenvalue weighted by molar-refractivity contribution is 5.94. The van der Waals surface area contributed by atoms with E-state index in [0.29, 0.717) is 11.8 Å². The first-order chi connectivity index (χ1) is 9.43. The number of nitrogens with one attached hydrogen (secondary N) is 1. The van der Waals surface area contributed by atoms with Crippen LogP contribution in [0.2, 0.25) is 0 Å². The van der Waals surface area contributed by atoms with Crippen molar-refractivity contribution in [3.63, 3.8) is 0 Å². The van der Waals surface area contributed by atoms with Gasteiger partial charge in [-0.05, 0) is 36.8 Å². The summed E-state index contributed by atoms with van der Waals surface area (Å²) in [5.41, 5.74) is -0.187. The maximum atomic E-state index is 13.1. The SMILES string of the molecule is CCC1CCC(NC(=O)c2cc(F)c(F)c(F)c2)C1C. The van der Waals surface area contributed by atoms with E-state index in [0.717, 1.165) is 31.4 Å². The van der Waals surface area contributed by atoms with Crippen LogP contribution in [-0.4, -0.2) is 11.9 Å². The van der Waals surface area contributed by atoms with E-state index in [1.165, 1.54) is 0 Å². The minimum absolute atomic E-state index is 0.00336. The fourth-order valence-electron chi connectivity index (χ4n) is 2.97. The third kappa shape index (κ3) is 2.81. The average Bonchev–Trinajstić information content (AvgIpc) is 2.76. The number of amides is 1. The normalized spacial score (nSPS) is 25.8. The smallest absolute Gasteiger partial charge is 0.251 e. The fraction of sp³-hybridized carbons (Fsp3) is 0.533. The lowest BCUT2D eigenvalue weighted by Crippen LogP contribution is -2.37. The van der Waals surface area contributed by atoms with E-state index in [1.54, 1.807) is 0 Å². The van der Waals surface area contributed by atoms with Gasteiger partial charge in [0.2, 0.25) is 0 Å². The van der Waals surface area contributed by atoms with Crippen LogP contribution in [0.5, 0.6) is 0 Å². The van der Waals surface area contributed by atoms with Crippen molar-refractivity contribution >= 4 is 5.91 Å². The van der Waals surface area contributed by atoms with E-state index in [2.05, 4.69) is 19.2 Å². The van der Waals surface area contributed by atoms with E-state index in [9.17, 15) is 18.0 Å². The fourth-order valence-corrected chi connectivity index (χ4v) is 2.97. The van der Waals surface area contributed by atoms with Crippen LogP contribution in [-0.2, 0) is 0 Å². The van der Waals surface area contributed by atoms with Crippen LogP contribution in [0.1, 0.15) is 43.5 Å². The molecule has 1 fully saturated rings. The van der Waals surface area contributed by atoms with E-state index in [4.69, 9.17) is 0 Å². The predicted octanol–water partition coefficient (Wildman–Crippen LogP) is 3.66. The molecule has 0 heterocycles. The molecule has 0 aliphatic heterocycles. The molecule has 1 amide bonds.